The van der Waals surface area contributed by atoms with Crippen LogP contribution in [0.3, 0.4) is 0 Å². The van der Waals surface area contributed by atoms with Crippen molar-refractivity contribution in [3.63, 3.8) is 0 Å². The largest absolute Gasteiger partial charge is 0.497 e. The van der Waals surface area contributed by atoms with Crippen LogP contribution in [0.4, 0.5) is 0 Å². The summed E-state index contributed by atoms with van der Waals surface area (Å²) in [5, 5.41) is 0. The summed E-state index contributed by atoms with van der Waals surface area (Å²) < 4.78 is 16.6. The number of rotatable bonds is 8. The monoisotopic (exact) mass is 695 g/mol. The van der Waals surface area contributed by atoms with Crippen LogP contribution in [0.5, 0.6) is 5.75 Å². The highest BCUT2D eigenvalue weighted by Crippen LogP contribution is 2.34. The Morgan fingerprint density at radius 3 is 2.60 bits per heavy atom. The van der Waals surface area contributed by atoms with Crippen LogP contribution in [0.2, 0.25) is 0 Å². The van der Waals surface area contributed by atoms with Crippen molar-refractivity contribution in [1.29, 1.82) is 0 Å². The van der Waals surface area contributed by atoms with E-state index in [9.17, 15) is 9.59 Å². The number of halogens is 1. The number of thiazole rings is 1. The molecule has 1 aliphatic rings. The van der Waals surface area contributed by atoms with Gasteiger partial charge in [0.15, 0.2) is 4.80 Å². The van der Waals surface area contributed by atoms with Gasteiger partial charge in [-0.15, -0.1) is 0 Å². The predicted octanol–water partition coefficient (Wildman–Crippen LogP) is 5.91. The van der Waals surface area contributed by atoms with Crippen molar-refractivity contribution >= 4 is 46.0 Å². The van der Waals surface area contributed by atoms with Crippen LogP contribution in [0.15, 0.2) is 69.6 Å². The molecule has 0 unspecified atom stereocenters. The molecule has 1 aliphatic heterocycles. The number of esters is 1. The van der Waals surface area contributed by atoms with Crippen molar-refractivity contribution in [2.24, 2.45) is 4.99 Å². The summed E-state index contributed by atoms with van der Waals surface area (Å²) >= 11 is 3.71. The van der Waals surface area contributed by atoms with Crippen LogP contribution in [0, 0.1) is 24.3 Å². The summed E-state index contributed by atoms with van der Waals surface area (Å²) in [7, 11) is 1.60. The average Bonchev–Trinajstić information content (AvgIpc) is 3.43. The Kier molecular flexibility index (Phi) is 8.89. The molecule has 1 atom stereocenters. The van der Waals surface area contributed by atoms with Gasteiger partial charge in [-0.2, -0.15) is 0 Å². The Bertz CT molecular complexity index is 1900. The normalized spacial score (nSPS) is 15.0. The van der Waals surface area contributed by atoms with Gasteiger partial charge in [-0.05, 0) is 110 Å². The first-order valence-corrected chi connectivity index (χ1v) is 15.9. The van der Waals surface area contributed by atoms with Crippen molar-refractivity contribution in [3.05, 3.63) is 111 Å². The molecule has 7 nitrogen and oxygen atoms in total. The number of benzene rings is 2. The maximum atomic E-state index is 14.2. The number of fused-ring (bicyclic) bond motifs is 1. The Labute approximate surface area is 263 Å². The van der Waals surface area contributed by atoms with Crippen LogP contribution < -0.4 is 19.6 Å². The molecule has 9 heteroatoms. The lowest BCUT2D eigenvalue weighted by molar-refractivity contribution is -0.139. The fourth-order valence-electron chi connectivity index (χ4n) is 5.44. The second-order valence-corrected chi connectivity index (χ2v) is 12.5. The molecule has 0 spiro atoms. The smallest absolute Gasteiger partial charge is 0.338 e. The van der Waals surface area contributed by atoms with Gasteiger partial charge in [0.25, 0.3) is 5.56 Å². The summed E-state index contributed by atoms with van der Waals surface area (Å²) in [6.45, 7) is 10.3. The third-order valence-electron chi connectivity index (χ3n) is 7.47. The SMILES string of the molecule is CCCC1=C(C(=O)OCC)[C@H](c2cccc(OC)c2)n2c(s/c(=C\c3cc(C)n(-c4ccc(C)c(I)c4)c3C)c2=O)=N1. The first kappa shape index (κ1) is 30.0. The fourth-order valence-corrected chi connectivity index (χ4v) is 6.95. The van der Waals surface area contributed by atoms with E-state index in [1.54, 1.807) is 18.6 Å². The van der Waals surface area contributed by atoms with Crippen LogP contribution in [0.1, 0.15) is 60.8 Å². The van der Waals surface area contributed by atoms with E-state index in [2.05, 4.69) is 72.2 Å². The zero-order valence-corrected chi connectivity index (χ0v) is 27.6. The van der Waals surface area contributed by atoms with E-state index in [4.69, 9.17) is 14.5 Å². The van der Waals surface area contributed by atoms with E-state index >= 15 is 0 Å². The van der Waals surface area contributed by atoms with E-state index in [0.717, 1.165) is 34.6 Å². The van der Waals surface area contributed by atoms with E-state index in [-0.39, 0.29) is 12.2 Å². The zero-order valence-electron chi connectivity index (χ0n) is 24.7. The molecule has 218 valence electrons. The van der Waals surface area contributed by atoms with Gasteiger partial charge in [0.05, 0.1) is 35.6 Å². The zero-order chi connectivity index (χ0) is 30.1. The molecule has 4 aromatic rings. The highest BCUT2D eigenvalue weighted by molar-refractivity contribution is 14.1. The molecule has 0 fully saturated rings. The van der Waals surface area contributed by atoms with E-state index < -0.39 is 12.0 Å². The van der Waals surface area contributed by atoms with E-state index in [0.29, 0.717) is 32.8 Å². The molecule has 42 heavy (non-hydrogen) atoms. The van der Waals surface area contributed by atoms with Gasteiger partial charge in [-0.1, -0.05) is 42.9 Å². The molecule has 0 N–H and O–H groups in total. The van der Waals surface area contributed by atoms with Gasteiger partial charge in [0, 0.05) is 20.6 Å². The van der Waals surface area contributed by atoms with Crippen LogP contribution in [-0.4, -0.2) is 28.8 Å². The molecule has 0 aliphatic carbocycles. The molecule has 0 saturated heterocycles. The van der Waals surface area contributed by atoms with Crippen LogP contribution in [0.25, 0.3) is 11.8 Å². The van der Waals surface area contributed by atoms with Crippen molar-refractivity contribution < 1.29 is 14.3 Å². The molecule has 0 bridgehead atoms. The summed E-state index contributed by atoms with van der Waals surface area (Å²) in [5.74, 6) is 0.188. The van der Waals surface area contributed by atoms with Crippen molar-refractivity contribution in [1.82, 2.24) is 9.13 Å². The summed E-state index contributed by atoms with van der Waals surface area (Å²) in [5.41, 5.74) is 7.03. The van der Waals surface area contributed by atoms with Gasteiger partial charge in [-0.25, -0.2) is 9.79 Å². The number of ether oxygens (including phenoxy) is 2. The first-order chi connectivity index (χ1) is 20.2. The minimum Gasteiger partial charge on any atom is -0.497 e. The minimum atomic E-state index is -0.679. The number of hydrogen-bond donors (Lipinski definition) is 0. The van der Waals surface area contributed by atoms with Gasteiger partial charge >= 0.3 is 5.97 Å². The highest BCUT2D eigenvalue weighted by atomic mass is 127. The van der Waals surface area contributed by atoms with Crippen molar-refractivity contribution in [2.45, 2.75) is 53.5 Å². The van der Waals surface area contributed by atoms with Gasteiger partial charge < -0.3 is 14.0 Å². The van der Waals surface area contributed by atoms with E-state index in [1.807, 2.05) is 37.3 Å². The lowest BCUT2D eigenvalue weighted by Gasteiger charge is -2.26. The number of aryl methyl sites for hydroxylation is 2. The molecular weight excluding hydrogens is 661 g/mol. The number of carbonyl (C=O) groups excluding carboxylic acids is 1. The van der Waals surface area contributed by atoms with Gasteiger partial charge in [0.1, 0.15) is 5.75 Å². The fraction of sp³-hybridized carbons (Fsp3) is 0.303. The second-order valence-electron chi connectivity index (χ2n) is 10.3. The molecule has 2 aromatic heterocycles. The molecule has 0 amide bonds. The van der Waals surface area contributed by atoms with Gasteiger partial charge in [0.2, 0.25) is 0 Å². The molecule has 2 aromatic carbocycles. The van der Waals surface area contributed by atoms with E-state index in [1.165, 1.54) is 20.5 Å². The number of aromatic nitrogens is 2. The summed E-state index contributed by atoms with van der Waals surface area (Å²) in [6.07, 6.45) is 3.33. The molecule has 0 saturated carbocycles. The predicted molar refractivity (Wildman–Crippen MR) is 175 cm³/mol. The maximum Gasteiger partial charge on any atom is 0.338 e. The molecule has 0 radical (unpaired) electrons. The highest BCUT2D eigenvalue weighted by Gasteiger charge is 2.34. The van der Waals surface area contributed by atoms with Crippen molar-refractivity contribution in [2.75, 3.05) is 13.7 Å². The lowest BCUT2D eigenvalue weighted by atomic mass is 9.94. The molecule has 5 rings (SSSR count). The summed E-state index contributed by atoms with van der Waals surface area (Å²) in [6, 6.07) is 15.3. The molecular formula is C33H34IN3O4S. The van der Waals surface area contributed by atoms with Gasteiger partial charge in [-0.3, -0.25) is 9.36 Å². The second kappa shape index (κ2) is 12.4. The number of hydrogen-bond acceptors (Lipinski definition) is 6. The lowest BCUT2D eigenvalue weighted by Crippen LogP contribution is -2.40. The Morgan fingerprint density at radius 1 is 1.12 bits per heavy atom. The number of methoxy groups -OCH3 is 1. The quantitative estimate of drug-likeness (QED) is 0.170. The topological polar surface area (TPSA) is 74.8 Å². The third-order valence-corrected chi connectivity index (χ3v) is 9.62. The Balaban J connectivity index is 1.72. The standard InChI is InChI=1S/C33H34IN3O4S/c1-7-10-27-29(32(39)41-8-2)30(22-11-9-12-25(16-22)40-6)37-31(38)28(42-33(37)35-27)17-23-15-20(4)36(21(23)5)24-14-13-19(3)26(34)18-24/h9,11-18,30H,7-8,10H2,1-6H3/b28-17-/t30-/m0/s1. The van der Waals surface area contributed by atoms with Crippen molar-refractivity contribution in [3.8, 4) is 11.4 Å². The third kappa shape index (κ3) is 5.51. The molecule has 3 heterocycles. The summed E-state index contributed by atoms with van der Waals surface area (Å²) in [4.78, 5) is 33.0. The van der Waals surface area contributed by atoms with Crippen LogP contribution >= 0.6 is 33.9 Å². The first-order valence-electron chi connectivity index (χ1n) is 14.0. The Hall–Kier alpha value is -3.44. The van der Waals surface area contributed by atoms with Crippen LogP contribution in [-0.2, 0) is 9.53 Å². The number of carbonyl (C=O) groups is 1. The number of allylic oxidation sites excluding steroid dienone is 1. The minimum absolute atomic E-state index is 0.196. The average molecular weight is 696 g/mol. The Morgan fingerprint density at radius 2 is 1.90 bits per heavy atom. The maximum absolute atomic E-state index is 14.2. The number of nitrogens with zero attached hydrogens (tertiary/aromatic N) is 3.